The summed E-state index contributed by atoms with van der Waals surface area (Å²) in [6.45, 7) is 5.42. The lowest BCUT2D eigenvalue weighted by Gasteiger charge is -2.33. The normalized spacial score (nSPS) is 33.5. The molecule has 3 nitrogen and oxygen atoms in total. The van der Waals surface area contributed by atoms with Gasteiger partial charge in [-0.25, -0.2) is 0 Å². The third-order valence-corrected chi connectivity index (χ3v) is 2.01. The molecule has 0 aromatic heterocycles. The van der Waals surface area contributed by atoms with Crippen molar-refractivity contribution in [1.29, 1.82) is 5.26 Å². The highest BCUT2D eigenvalue weighted by Crippen LogP contribution is 2.11. The number of morpholine rings is 1. The molecule has 0 amide bonds. The Bertz CT molecular complexity index is 152. The molecule has 0 bridgehead atoms. The molecule has 3 heteroatoms. The minimum atomic E-state index is 0.188. The lowest BCUT2D eigenvalue weighted by Crippen LogP contribution is -2.45. The topological polar surface area (TPSA) is 36.3 Å². The zero-order valence-corrected chi connectivity index (χ0v) is 6.37. The Morgan fingerprint density at radius 2 is 2.30 bits per heavy atom. The van der Waals surface area contributed by atoms with E-state index in [0.29, 0.717) is 6.61 Å². The van der Waals surface area contributed by atoms with Crippen LogP contribution in [0.2, 0.25) is 0 Å². The van der Waals surface area contributed by atoms with Crippen molar-refractivity contribution < 1.29 is 4.74 Å². The second-order valence-corrected chi connectivity index (χ2v) is 2.61. The van der Waals surface area contributed by atoms with Gasteiger partial charge in [0.15, 0.2) is 6.19 Å². The van der Waals surface area contributed by atoms with E-state index < -0.39 is 0 Å². The third kappa shape index (κ3) is 1.22. The Balaban J connectivity index is 2.53. The van der Waals surface area contributed by atoms with Crippen molar-refractivity contribution in [3.05, 3.63) is 0 Å². The summed E-state index contributed by atoms with van der Waals surface area (Å²) >= 11 is 0. The van der Waals surface area contributed by atoms with Crippen molar-refractivity contribution in [2.75, 3.05) is 13.2 Å². The van der Waals surface area contributed by atoms with Gasteiger partial charge in [0.05, 0.1) is 25.3 Å². The third-order valence-electron chi connectivity index (χ3n) is 2.01. The van der Waals surface area contributed by atoms with E-state index in [1.165, 1.54) is 0 Å². The Morgan fingerprint density at radius 3 is 2.80 bits per heavy atom. The first-order valence-corrected chi connectivity index (χ1v) is 3.53. The van der Waals surface area contributed by atoms with Crippen molar-refractivity contribution in [1.82, 2.24) is 4.90 Å². The van der Waals surface area contributed by atoms with E-state index in [0.717, 1.165) is 6.54 Å². The van der Waals surface area contributed by atoms with Gasteiger partial charge in [-0.2, -0.15) is 5.26 Å². The van der Waals surface area contributed by atoms with Crippen molar-refractivity contribution in [3.63, 3.8) is 0 Å². The number of ether oxygens (including phenoxy) is 1. The first-order valence-electron chi connectivity index (χ1n) is 3.53. The van der Waals surface area contributed by atoms with Gasteiger partial charge in [-0.05, 0) is 13.8 Å². The van der Waals surface area contributed by atoms with E-state index in [9.17, 15) is 0 Å². The number of nitrogens with zero attached hydrogens (tertiary/aromatic N) is 2. The Kier molecular flexibility index (Phi) is 2.13. The summed E-state index contributed by atoms with van der Waals surface area (Å²) in [5.41, 5.74) is 0. The maximum Gasteiger partial charge on any atom is 0.179 e. The molecule has 0 N–H and O–H groups in total. The summed E-state index contributed by atoms with van der Waals surface area (Å²) in [6, 6.07) is 0.235. The highest BCUT2D eigenvalue weighted by molar-refractivity contribution is 4.85. The van der Waals surface area contributed by atoms with Gasteiger partial charge >= 0.3 is 0 Å². The smallest absolute Gasteiger partial charge is 0.179 e. The quantitative estimate of drug-likeness (QED) is 0.462. The molecule has 0 saturated carbocycles. The van der Waals surface area contributed by atoms with Gasteiger partial charge in [-0.15, -0.1) is 0 Å². The summed E-state index contributed by atoms with van der Waals surface area (Å²) in [6.07, 6.45) is 2.33. The molecule has 0 aromatic rings. The lowest BCUT2D eigenvalue weighted by molar-refractivity contribution is -0.0333. The predicted octanol–water partition coefficient (Wildman–Crippen LogP) is 0.577. The van der Waals surface area contributed by atoms with Gasteiger partial charge in [0.2, 0.25) is 0 Å². The molecule has 2 unspecified atom stereocenters. The lowest BCUT2D eigenvalue weighted by atomic mass is 10.1. The molecular formula is C7H12N2O. The second-order valence-electron chi connectivity index (χ2n) is 2.61. The molecule has 1 aliphatic heterocycles. The van der Waals surface area contributed by atoms with E-state index in [2.05, 4.69) is 6.19 Å². The molecule has 1 aliphatic rings. The van der Waals surface area contributed by atoms with Crippen LogP contribution in [-0.2, 0) is 4.74 Å². The molecule has 56 valence electrons. The van der Waals surface area contributed by atoms with E-state index in [1.807, 2.05) is 13.8 Å². The Labute approximate surface area is 61.2 Å². The van der Waals surface area contributed by atoms with Crippen LogP contribution in [0.15, 0.2) is 0 Å². The zero-order chi connectivity index (χ0) is 7.56. The van der Waals surface area contributed by atoms with Crippen LogP contribution in [-0.4, -0.2) is 30.2 Å². The molecule has 1 heterocycles. The molecule has 1 rings (SSSR count). The first kappa shape index (κ1) is 7.36. The molecule has 10 heavy (non-hydrogen) atoms. The average molecular weight is 140 g/mol. The summed E-state index contributed by atoms with van der Waals surface area (Å²) in [5, 5.41) is 8.60. The van der Waals surface area contributed by atoms with Gasteiger partial charge in [-0.3, -0.25) is 0 Å². The number of hydrogen-bond donors (Lipinski definition) is 0. The molecule has 0 aliphatic carbocycles. The summed E-state index contributed by atoms with van der Waals surface area (Å²) in [7, 11) is 0. The molecule has 0 aromatic carbocycles. The van der Waals surface area contributed by atoms with Gasteiger partial charge in [0.1, 0.15) is 0 Å². The molecule has 0 radical (unpaired) electrons. The number of nitriles is 1. The predicted molar refractivity (Wildman–Crippen MR) is 37.2 cm³/mol. The van der Waals surface area contributed by atoms with E-state index >= 15 is 0 Å². The van der Waals surface area contributed by atoms with Crippen LogP contribution in [0.4, 0.5) is 0 Å². The maximum absolute atomic E-state index is 8.60. The zero-order valence-electron chi connectivity index (χ0n) is 6.37. The van der Waals surface area contributed by atoms with Crippen LogP contribution >= 0.6 is 0 Å². The van der Waals surface area contributed by atoms with E-state index in [-0.39, 0.29) is 12.1 Å². The van der Waals surface area contributed by atoms with Crippen LogP contribution in [0.1, 0.15) is 13.8 Å². The van der Waals surface area contributed by atoms with Crippen LogP contribution in [0, 0.1) is 11.5 Å². The molecule has 0 spiro atoms. The second kappa shape index (κ2) is 2.89. The van der Waals surface area contributed by atoms with E-state index in [1.54, 1.807) is 4.90 Å². The molecule has 1 fully saturated rings. The molecular weight excluding hydrogens is 128 g/mol. The van der Waals surface area contributed by atoms with Gasteiger partial charge in [0, 0.05) is 0 Å². The van der Waals surface area contributed by atoms with Crippen molar-refractivity contribution in [3.8, 4) is 6.19 Å². The fourth-order valence-electron chi connectivity index (χ4n) is 1.07. The van der Waals surface area contributed by atoms with Crippen LogP contribution in [0.5, 0.6) is 0 Å². The van der Waals surface area contributed by atoms with Crippen LogP contribution in [0.3, 0.4) is 0 Å². The van der Waals surface area contributed by atoms with E-state index in [4.69, 9.17) is 10.00 Å². The highest BCUT2D eigenvalue weighted by atomic mass is 16.5. The minimum Gasteiger partial charge on any atom is -0.374 e. The largest absolute Gasteiger partial charge is 0.374 e. The van der Waals surface area contributed by atoms with Gasteiger partial charge in [0.25, 0.3) is 0 Å². The van der Waals surface area contributed by atoms with Crippen molar-refractivity contribution >= 4 is 0 Å². The Hall–Kier alpha value is -0.750. The molecule has 1 saturated heterocycles. The van der Waals surface area contributed by atoms with Crippen molar-refractivity contribution in [2.45, 2.75) is 26.0 Å². The monoisotopic (exact) mass is 140 g/mol. The van der Waals surface area contributed by atoms with Crippen LogP contribution in [0.25, 0.3) is 0 Å². The molecule has 2 atom stereocenters. The summed E-state index contributed by atoms with van der Waals surface area (Å²) < 4.78 is 5.33. The SMILES string of the molecule is CC1OCCN(C#N)C1C. The maximum atomic E-state index is 8.60. The average Bonchev–Trinajstić information content (AvgIpc) is 1.95. The summed E-state index contributed by atoms with van der Waals surface area (Å²) in [5.74, 6) is 0. The van der Waals surface area contributed by atoms with Crippen LogP contribution < -0.4 is 0 Å². The van der Waals surface area contributed by atoms with Gasteiger partial charge in [-0.1, -0.05) is 0 Å². The first-order chi connectivity index (χ1) is 4.75. The standard InChI is InChI=1S/C7H12N2O/c1-6-7(2)10-4-3-9(6)5-8/h6-7H,3-4H2,1-2H3. The fourth-order valence-corrected chi connectivity index (χ4v) is 1.07. The summed E-state index contributed by atoms with van der Waals surface area (Å²) in [4.78, 5) is 1.76. The number of rotatable bonds is 0. The highest BCUT2D eigenvalue weighted by Gasteiger charge is 2.23. The number of hydrogen-bond acceptors (Lipinski definition) is 3. The fraction of sp³-hybridized carbons (Fsp3) is 0.857. The van der Waals surface area contributed by atoms with Gasteiger partial charge < -0.3 is 9.64 Å². The van der Waals surface area contributed by atoms with Crippen molar-refractivity contribution in [2.24, 2.45) is 0 Å². The Morgan fingerprint density at radius 1 is 1.60 bits per heavy atom. The minimum absolute atomic E-state index is 0.188.